The lowest BCUT2D eigenvalue weighted by atomic mass is 9.86. The number of ether oxygens (including phenoxy) is 6. The molecule has 1 N–H and O–H groups in total. The number of hydrogen-bond acceptors (Lipinski definition) is 11. The van der Waals surface area contributed by atoms with E-state index in [0.717, 1.165) is 20.8 Å². The van der Waals surface area contributed by atoms with Crippen molar-refractivity contribution in [3.05, 3.63) is 23.8 Å². The molecule has 0 bridgehead atoms. The third-order valence-electron chi connectivity index (χ3n) is 4.98. The number of aromatic hydroxyl groups is 1. The summed E-state index contributed by atoms with van der Waals surface area (Å²) in [7, 11) is 0. The summed E-state index contributed by atoms with van der Waals surface area (Å²) >= 11 is 0. The van der Waals surface area contributed by atoms with Gasteiger partial charge in [0.15, 0.2) is 12.2 Å². The second-order valence-corrected chi connectivity index (χ2v) is 9.11. The van der Waals surface area contributed by atoms with Crippen molar-refractivity contribution in [1.29, 1.82) is 0 Å². The average molecular weight is 497 g/mol. The normalized spacial score (nSPS) is 24.1. The number of phenols is 1. The number of benzene rings is 1. The SMILES string of the molecule is CC(=O)OC[C@H]1O[C@H](Oc2ccc(O)c(C(C)(C)C)c2)[C@H](OC(C)=O)[C@@H](OC(C)=O)[C@H]1OC(C)=O. The lowest BCUT2D eigenvalue weighted by Crippen LogP contribution is -2.63. The van der Waals surface area contributed by atoms with E-state index in [2.05, 4.69) is 0 Å². The van der Waals surface area contributed by atoms with Crippen molar-refractivity contribution in [2.75, 3.05) is 6.61 Å². The van der Waals surface area contributed by atoms with E-state index in [1.54, 1.807) is 6.07 Å². The van der Waals surface area contributed by atoms with Crippen LogP contribution < -0.4 is 4.74 Å². The molecular weight excluding hydrogens is 464 g/mol. The van der Waals surface area contributed by atoms with Crippen LogP contribution in [0.25, 0.3) is 0 Å². The van der Waals surface area contributed by atoms with Gasteiger partial charge in [-0.25, -0.2) is 0 Å². The molecule has 1 saturated heterocycles. The van der Waals surface area contributed by atoms with Crippen molar-refractivity contribution in [3.8, 4) is 11.5 Å². The predicted octanol–water partition coefficient (Wildman–Crippen LogP) is 2.15. The van der Waals surface area contributed by atoms with Crippen molar-refractivity contribution in [3.63, 3.8) is 0 Å². The monoisotopic (exact) mass is 496 g/mol. The lowest BCUT2D eigenvalue weighted by Gasteiger charge is -2.44. The Hall–Kier alpha value is -3.34. The molecule has 1 aromatic rings. The van der Waals surface area contributed by atoms with Gasteiger partial charge in [-0.2, -0.15) is 0 Å². The molecule has 11 nitrogen and oxygen atoms in total. The molecule has 1 aliphatic rings. The van der Waals surface area contributed by atoms with E-state index < -0.39 is 60.0 Å². The molecule has 11 heteroatoms. The molecular formula is C24H32O11. The van der Waals surface area contributed by atoms with Gasteiger partial charge in [0.2, 0.25) is 12.4 Å². The molecule has 1 heterocycles. The van der Waals surface area contributed by atoms with Gasteiger partial charge in [0.05, 0.1) is 0 Å². The second-order valence-electron chi connectivity index (χ2n) is 9.11. The molecule has 0 spiro atoms. The van der Waals surface area contributed by atoms with Gasteiger partial charge in [-0.05, 0) is 23.6 Å². The van der Waals surface area contributed by atoms with Gasteiger partial charge in [0.25, 0.3) is 0 Å². The van der Waals surface area contributed by atoms with Gasteiger partial charge in [-0.3, -0.25) is 19.2 Å². The quantitative estimate of drug-likeness (QED) is 0.438. The summed E-state index contributed by atoms with van der Waals surface area (Å²) in [6, 6.07) is 4.53. The smallest absolute Gasteiger partial charge is 0.303 e. The Labute approximate surface area is 203 Å². The second kappa shape index (κ2) is 11.4. The molecule has 1 aliphatic heterocycles. The number of carbonyl (C=O) groups is 4. The minimum absolute atomic E-state index is 0.0615. The third kappa shape index (κ3) is 7.84. The number of carbonyl (C=O) groups excluding carboxylic acids is 4. The first kappa shape index (κ1) is 27.9. The molecule has 0 unspecified atom stereocenters. The highest BCUT2D eigenvalue weighted by Gasteiger charge is 2.53. The largest absolute Gasteiger partial charge is 0.508 e. The molecule has 1 aromatic carbocycles. The minimum Gasteiger partial charge on any atom is -0.508 e. The van der Waals surface area contributed by atoms with Gasteiger partial charge in [-0.15, -0.1) is 0 Å². The highest BCUT2D eigenvalue weighted by Crippen LogP contribution is 2.36. The van der Waals surface area contributed by atoms with Gasteiger partial charge < -0.3 is 33.5 Å². The Morgan fingerprint density at radius 2 is 1.40 bits per heavy atom. The molecule has 0 amide bonds. The van der Waals surface area contributed by atoms with Crippen LogP contribution in [0, 0.1) is 0 Å². The van der Waals surface area contributed by atoms with E-state index in [1.807, 2.05) is 20.8 Å². The van der Waals surface area contributed by atoms with Crippen molar-refractivity contribution < 1.29 is 52.7 Å². The van der Waals surface area contributed by atoms with E-state index in [4.69, 9.17) is 28.4 Å². The number of rotatable bonds is 7. The Morgan fingerprint density at radius 3 is 1.91 bits per heavy atom. The zero-order valence-electron chi connectivity index (χ0n) is 20.9. The Balaban J connectivity index is 2.51. The standard InChI is InChI=1S/C24H32O11/c1-12(25)30-11-19-20(31-13(2)26)21(32-14(3)27)22(33-15(4)28)23(35-19)34-16-8-9-18(29)17(10-16)24(5,6)7/h8-10,19-23,29H,11H2,1-7H3/t19-,20+,21+,22-,23+/m1/s1. The predicted molar refractivity (Wildman–Crippen MR) is 119 cm³/mol. The van der Waals surface area contributed by atoms with E-state index in [-0.39, 0.29) is 18.1 Å². The van der Waals surface area contributed by atoms with Crippen LogP contribution in [-0.4, -0.2) is 66.3 Å². The molecule has 1 fully saturated rings. The summed E-state index contributed by atoms with van der Waals surface area (Å²) in [4.78, 5) is 47.0. The van der Waals surface area contributed by atoms with E-state index in [9.17, 15) is 24.3 Å². The summed E-state index contributed by atoms with van der Waals surface area (Å²) in [5.41, 5.74) is 0.158. The van der Waals surface area contributed by atoms with Crippen LogP contribution in [0.3, 0.4) is 0 Å². The fourth-order valence-electron chi connectivity index (χ4n) is 3.61. The first-order chi connectivity index (χ1) is 16.2. The fraction of sp³-hybridized carbons (Fsp3) is 0.583. The van der Waals surface area contributed by atoms with Crippen LogP contribution in [0.15, 0.2) is 18.2 Å². The highest BCUT2D eigenvalue weighted by molar-refractivity contribution is 5.68. The molecule has 194 valence electrons. The molecule has 5 atom stereocenters. The summed E-state index contributed by atoms with van der Waals surface area (Å²) in [5, 5.41) is 10.3. The summed E-state index contributed by atoms with van der Waals surface area (Å²) in [6.45, 7) is 9.96. The van der Waals surface area contributed by atoms with Crippen LogP contribution in [0.2, 0.25) is 0 Å². The zero-order chi connectivity index (χ0) is 26.5. The maximum atomic E-state index is 11.9. The molecule has 35 heavy (non-hydrogen) atoms. The maximum Gasteiger partial charge on any atom is 0.303 e. The van der Waals surface area contributed by atoms with E-state index in [1.165, 1.54) is 19.1 Å². The van der Waals surface area contributed by atoms with Crippen LogP contribution in [0.1, 0.15) is 54.0 Å². The van der Waals surface area contributed by atoms with E-state index >= 15 is 0 Å². The van der Waals surface area contributed by atoms with Crippen LogP contribution >= 0.6 is 0 Å². The van der Waals surface area contributed by atoms with Gasteiger partial charge >= 0.3 is 23.9 Å². The van der Waals surface area contributed by atoms with Crippen LogP contribution in [-0.2, 0) is 48.3 Å². The van der Waals surface area contributed by atoms with Crippen LogP contribution in [0.4, 0.5) is 0 Å². The first-order valence-electron chi connectivity index (χ1n) is 11.0. The van der Waals surface area contributed by atoms with Crippen molar-refractivity contribution in [2.24, 2.45) is 0 Å². The minimum atomic E-state index is -1.35. The van der Waals surface area contributed by atoms with E-state index in [0.29, 0.717) is 5.56 Å². The van der Waals surface area contributed by atoms with Gasteiger partial charge in [0.1, 0.15) is 24.2 Å². The Kier molecular flexibility index (Phi) is 9.08. The highest BCUT2D eigenvalue weighted by atomic mass is 16.7. The van der Waals surface area contributed by atoms with Crippen LogP contribution in [0.5, 0.6) is 11.5 Å². The third-order valence-corrected chi connectivity index (χ3v) is 4.98. The number of hydrogen-bond donors (Lipinski definition) is 1. The number of phenolic OH excluding ortho intramolecular Hbond substituents is 1. The summed E-state index contributed by atoms with van der Waals surface area (Å²) < 4.78 is 33.1. The molecule has 0 radical (unpaired) electrons. The molecule has 2 rings (SSSR count). The summed E-state index contributed by atoms with van der Waals surface area (Å²) in [6.07, 6.45) is -6.43. The Bertz CT molecular complexity index is 949. The molecule has 0 aliphatic carbocycles. The fourth-order valence-corrected chi connectivity index (χ4v) is 3.61. The van der Waals surface area contributed by atoms with Crippen molar-refractivity contribution in [2.45, 2.75) is 84.6 Å². The van der Waals surface area contributed by atoms with Crippen molar-refractivity contribution in [1.82, 2.24) is 0 Å². The first-order valence-corrected chi connectivity index (χ1v) is 11.0. The topological polar surface area (TPSA) is 144 Å². The average Bonchev–Trinajstić information content (AvgIpc) is 2.70. The maximum absolute atomic E-state index is 11.9. The number of esters is 4. The summed E-state index contributed by atoms with van der Waals surface area (Å²) in [5.74, 6) is -2.49. The lowest BCUT2D eigenvalue weighted by molar-refractivity contribution is -0.288. The van der Waals surface area contributed by atoms with Crippen molar-refractivity contribution >= 4 is 23.9 Å². The molecule has 0 aromatic heterocycles. The Morgan fingerprint density at radius 1 is 0.857 bits per heavy atom. The van der Waals surface area contributed by atoms with Gasteiger partial charge in [-0.1, -0.05) is 20.8 Å². The van der Waals surface area contributed by atoms with Gasteiger partial charge in [0, 0.05) is 33.3 Å². The zero-order valence-corrected chi connectivity index (χ0v) is 20.9. The molecule has 0 saturated carbocycles.